The van der Waals surface area contributed by atoms with Gasteiger partial charge in [-0.15, -0.1) is 0 Å². The minimum atomic E-state index is 0.271. The molecule has 0 spiro atoms. The first kappa shape index (κ1) is 18.2. The summed E-state index contributed by atoms with van der Waals surface area (Å²) in [5.41, 5.74) is 2.98. The van der Waals surface area contributed by atoms with Crippen molar-refractivity contribution in [3.05, 3.63) is 53.9 Å². The Kier molecular flexibility index (Phi) is 5.36. The molecule has 2 aromatic heterocycles. The number of benzene rings is 1. The lowest BCUT2D eigenvalue weighted by Gasteiger charge is -2.25. The summed E-state index contributed by atoms with van der Waals surface area (Å²) in [6.45, 7) is 6.15. The van der Waals surface area contributed by atoms with E-state index in [-0.39, 0.29) is 6.04 Å². The van der Waals surface area contributed by atoms with Gasteiger partial charge >= 0.3 is 0 Å². The number of aromatic nitrogens is 4. The van der Waals surface area contributed by atoms with Gasteiger partial charge in [0.1, 0.15) is 24.1 Å². The first-order chi connectivity index (χ1) is 13.7. The van der Waals surface area contributed by atoms with Crippen LogP contribution in [0.3, 0.4) is 0 Å². The van der Waals surface area contributed by atoms with E-state index >= 15 is 0 Å². The van der Waals surface area contributed by atoms with E-state index in [9.17, 15) is 0 Å². The van der Waals surface area contributed by atoms with Gasteiger partial charge in [-0.25, -0.2) is 19.6 Å². The summed E-state index contributed by atoms with van der Waals surface area (Å²) in [5.74, 6) is 2.44. The van der Waals surface area contributed by atoms with E-state index in [0.717, 1.165) is 49.0 Å². The van der Waals surface area contributed by atoms with Crippen LogP contribution in [0.2, 0.25) is 0 Å². The first-order valence-electron chi connectivity index (χ1n) is 9.64. The minimum Gasteiger partial charge on any atom is -0.444 e. The molecule has 8 heteroatoms. The van der Waals surface area contributed by atoms with Crippen LogP contribution in [0, 0.1) is 6.92 Å². The summed E-state index contributed by atoms with van der Waals surface area (Å²) >= 11 is 0. The molecular formula is C20H25N7O. The molecule has 1 aliphatic heterocycles. The molecule has 28 heavy (non-hydrogen) atoms. The lowest BCUT2D eigenvalue weighted by molar-refractivity contribution is 0.392. The second-order valence-electron chi connectivity index (χ2n) is 6.94. The first-order valence-corrected chi connectivity index (χ1v) is 9.64. The number of rotatable bonds is 5. The lowest BCUT2D eigenvalue weighted by Crippen LogP contribution is -2.47. The number of hydrogen-bond donors (Lipinski definition) is 2. The monoisotopic (exact) mass is 379 g/mol. The molecule has 0 saturated carbocycles. The Morgan fingerprint density at radius 2 is 2.18 bits per heavy atom. The third-order valence-electron chi connectivity index (χ3n) is 4.74. The van der Waals surface area contributed by atoms with Crippen molar-refractivity contribution in [1.29, 1.82) is 0 Å². The van der Waals surface area contributed by atoms with Crippen LogP contribution >= 0.6 is 0 Å². The Bertz CT molecular complexity index is 942. The third kappa shape index (κ3) is 4.21. The van der Waals surface area contributed by atoms with E-state index in [0.29, 0.717) is 12.4 Å². The van der Waals surface area contributed by atoms with Crippen LogP contribution in [0.1, 0.15) is 30.4 Å². The SMILES string of the molecule is CCNC(=NCc1coc(-c2ccc(C)cc2)n1)NC1CCc2ncnn2C1. The van der Waals surface area contributed by atoms with Crippen LogP contribution in [0.5, 0.6) is 0 Å². The number of nitrogens with one attached hydrogen (secondary N) is 2. The fourth-order valence-corrected chi connectivity index (χ4v) is 3.24. The van der Waals surface area contributed by atoms with E-state index in [1.54, 1.807) is 12.6 Å². The van der Waals surface area contributed by atoms with Crippen molar-refractivity contribution >= 4 is 5.96 Å². The fraction of sp³-hybridized carbons (Fsp3) is 0.400. The molecule has 0 radical (unpaired) electrons. The van der Waals surface area contributed by atoms with Crippen LogP contribution < -0.4 is 10.6 Å². The second-order valence-corrected chi connectivity index (χ2v) is 6.94. The average Bonchev–Trinajstić information content (AvgIpc) is 3.36. The zero-order chi connectivity index (χ0) is 19.3. The zero-order valence-electron chi connectivity index (χ0n) is 16.2. The lowest BCUT2D eigenvalue weighted by atomic mass is 10.1. The molecule has 3 aromatic rings. The maximum absolute atomic E-state index is 5.62. The number of guanidine groups is 1. The van der Waals surface area contributed by atoms with Crippen molar-refractivity contribution < 1.29 is 4.42 Å². The molecular weight excluding hydrogens is 354 g/mol. The maximum Gasteiger partial charge on any atom is 0.226 e. The fourth-order valence-electron chi connectivity index (χ4n) is 3.24. The molecule has 4 rings (SSSR count). The van der Waals surface area contributed by atoms with Gasteiger partial charge in [0.05, 0.1) is 13.1 Å². The van der Waals surface area contributed by atoms with Gasteiger partial charge in [-0.05, 0) is 32.4 Å². The van der Waals surface area contributed by atoms with Gasteiger partial charge < -0.3 is 15.1 Å². The summed E-state index contributed by atoms with van der Waals surface area (Å²) in [5, 5.41) is 11.1. The highest BCUT2D eigenvalue weighted by molar-refractivity contribution is 5.80. The normalized spacial score (nSPS) is 16.6. The van der Waals surface area contributed by atoms with E-state index in [4.69, 9.17) is 4.42 Å². The topological polar surface area (TPSA) is 93.2 Å². The molecule has 1 aromatic carbocycles. The highest BCUT2D eigenvalue weighted by atomic mass is 16.3. The van der Waals surface area contributed by atoms with Crippen LogP contribution in [0.25, 0.3) is 11.5 Å². The third-order valence-corrected chi connectivity index (χ3v) is 4.74. The van der Waals surface area contributed by atoms with Crippen LogP contribution in [-0.2, 0) is 19.5 Å². The molecule has 0 amide bonds. The number of hydrogen-bond acceptors (Lipinski definition) is 5. The predicted molar refractivity (Wildman–Crippen MR) is 107 cm³/mol. The average molecular weight is 379 g/mol. The predicted octanol–water partition coefficient (Wildman–Crippen LogP) is 2.31. The van der Waals surface area contributed by atoms with Crippen molar-refractivity contribution in [3.8, 4) is 11.5 Å². The summed E-state index contributed by atoms with van der Waals surface area (Å²) in [7, 11) is 0. The molecule has 8 nitrogen and oxygen atoms in total. The molecule has 3 heterocycles. The summed E-state index contributed by atoms with van der Waals surface area (Å²) in [6, 6.07) is 8.40. The zero-order valence-corrected chi connectivity index (χ0v) is 16.2. The minimum absolute atomic E-state index is 0.271. The molecule has 0 bridgehead atoms. The Balaban J connectivity index is 1.40. The standard InChI is InChI=1S/C20H25N7O/c1-3-21-20(26-16-8-9-18-23-13-24-27(18)11-16)22-10-17-12-28-19(25-17)15-6-4-14(2)5-7-15/h4-7,12-13,16H,3,8-11H2,1-2H3,(H2,21,22,26). The van der Waals surface area contributed by atoms with Gasteiger partial charge in [-0.3, -0.25) is 0 Å². The van der Waals surface area contributed by atoms with Gasteiger partial charge in [0.15, 0.2) is 5.96 Å². The van der Waals surface area contributed by atoms with Crippen molar-refractivity contribution in [3.63, 3.8) is 0 Å². The van der Waals surface area contributed by atoms with Crippen LogP contribution in [0.15, 0.2) is 46.3 Å². The van der Waals surface area contributed by atoms with Gasteiger partial charge in [-0.2, -0.15) is 5.10 Å². The molecule has 1 unspecified atom stereocenters. The Hall–Kier alpha value is -3.16. The number of oxazole rings is 1. The Morgan fingerprint density at radius 3 is 3.00 bits per heavy atom. The van der Waals surface area contributed by atoms with Crippen molar-refractivity contribution in [2.75, 3.05) is 6.54 Å². The molecule has 0 fully saturated rings. The van der Waals surface area contributed by atoms with Crippen molar-refractivity contribution in [1.82, 2.24) is 30.4 Å². The summed E-state index contributed by atoms with van der Waals surface area (Å²) in [6.07, 6.45) is 5.21. The highest BCUT2D eigenvalue weighted by Gasteiger charge is 2.20. The Labute approximate surface area is 164 Å². The smallest absolute Gasteiger partial charge is 0.226 e. The molecule has 146 valence electrons. The van der Waals surface area contributed by atoms with Crippen LogP contribution in [-0.4, -0.2) is 38.3 Å². The van der Waals surface area contributed by atoms with E-state index in [1.807, 2.05) is 16.8 Å². The van der Waals surface area contributed by atoms with E-state index < -0.39 is 0 Å². The Morgan fingerprint density at radius 1 is 1.32 bits per heavy atom. The largest absolute Gasteiger partial charge is 0.444 e. The van der Waals surface area contributed by atoms with E-state index in [1.165, 1.54) is 5.56 Å². The van der Waals surface area contributed by atoms with Crippen molar-refractivity contribution in [2.45, 2.75) is 45.8 Å². The summed E-state index contributed by atoms with van der Waals surface area (Å²) in [4.78, 5) is 13.5. The molecule has 1 atom stereocenters. The number of aliphatic imine (C=N–C) groups is 1. The molecule has 0 saturated heterocycles. The number of nitrogens with zero attached hydrogens (tertiary/aromatic N) is 5. The van der Waals surface area contributed by atoms with Gasteiger partial charge in [0.25, 0.3) is 0 Å². The molecule has 1 aliphatic rings. The number of fused-ring (bicyclic) bond motifs is 1. The molecule has 0 aliphatic carbocycles. The summed E-state index contributed by atoms with van der Waals surface area (Å²) < 4.78 is 7.58. The van der Waals surface area contributed by atoms with Gasteiger partial charge in [0, 0.05) is 24.6 Å². The highest BCUT2D eigenvalue weighted by Crippen LogP contribution is 2.19. The van der Waals surface area contributed by atoms with Crippen molar-refractivity contribution in [2.24, 2.45) is 4.99 Å². The van der Waals surface area contributed by atoms with E-state index in [2.05, 4.69) is 56.7 Å². The quantitative estimate of drug-likeness (QED) is 0.522. The second kappa shape index (κ2) is 8.24. The molecule has 2 N–H and O–H groups in total. The maximum atomic E-state index is 5.62. The van der Waals surface area contributed by atoms with Gasteiger partial charge in [0.2, 0.25) is 5.89 Å². The van der Waals surface area contributed by atoms with Crippen LogP contribution in [0.4, 0.5) is 0 Å². The van der Waals surface area contributed by atoms with Gasteiger partial charge in [-0.1, -0.05) is 17.7 Å². The number of aryl methyl sites for hydroxylation is 2.